The van der Waals surface area contributed by atoms with Gasteiger partial charge in [0.05, 0.1) is 6.04 Å². The van der Waals surface area contributed by atoms with E-state index in [0.29, 0.717) is 5.92 Å². The summed E-state index contributed by atoms with van der Waals surface area (Å²) in [6.07, 6.45) is 4.05. The van der Waals surface area contributed by atoms with Crippen LogP contribution in [0.4, 0.5) is 0 Å². The van der Waals surface area contributed by atoms with E-state index in [1.807, 2.05) is 7.05 Å². The average molecular weight is 254 g/mol. The molecule has 18 heavy (non-hydrogen) atoms. The van der Waals surface area contributed by atoms with Gasteiger partial charge in [0.1, 0.15) is 0 Å². The SMILES string of the molecule is CN1CCC(N2CCC(CCC(=O)O)CC2)C1=O. The molecule has 0 aromatic rings. The molecule has 102 valence electrons. The Balaban J connectivity index is 1.76. The summed E-state index contributed by atoms with van der Waals surface area (Å²) in [5.74, 6) is 0.0654. The van der Waals surface area contributed by atoms with Crippen LogP contribution in [0.15, 0.2) is 0 Å². The van der Waals surface area contributed by atoms with Crippen molar-refractivity contribution in [1.29, 1.82) is 0 Å². The molecule has 2 heterocycles. The van der Waals surface area contributed by atoms with Crippen molar-refractivity contribution < 1.29 is 14.7 Å². The number of aliphatic carboxylic acids is 1. The third-order valence-corrected chi connectivity index (χ3v) is 4.26. The Bertz CT molecular complexity index is 324. The number of nitrogens with zero attached hydrogens (tertiary/aromatic N) is 2. The Labute approximate surface area is 108 Å². The zero-order valence-electron chi connectivity index (χ0n) is 11.0. The monoisotopic (exact) mass is 254 g/mol. The quantitative estimate of drug-likeness (QED) is 0.806. The van der Waals surface area contributed by atoms with Crippen LogP contribution in [-0.4, -0.2) is 59.5 Å². The average Bonchev–Trinajstić information content (AvgIpc) is 2.68. The molecule has 0 bridgehead atoms. The molecular formula is C13H22N2O3. The highest BCUT2D eigenvalue weighted by molar-refractivity contribution is 5.83. The number of carboxylic acids is 1. The smallest absolute Gasteiger partial charge is 0.303 e. The summed E-state index contributed by atoms with van der Waals surface area (Å²) >= 11 is 0. The molecule has 2 aliphatic heterocycles. The molecule has 0 aliphatic carbocycles. The van der Waals surface area contributed by atoms with Crippen molar-refractivity contribution in [3.8, 4) is 0 Å². The number of likely N-dealkylation sites (N-methyl/N-ethyl adjacent to an activating group) is 1. The van der Waals surface area contributed by atoms with Crippen molar-refractivity contribution in [2.24, 2.45) is 5.92 Å². The van der Waals surface area contributed by atoms with Gasteiger partial charge in [0.15, 0.2) is 0 Å². The first-order valence-corrected chi connectivity index (χ1v) is 6.78. The molecule has 0 aromatic heterocycles. The van der Waals surface area contributed by atoms with Gasteiger partial charge in [0.2, 0.25) is 5.91 Å². The predicted octanol–water partition coefficient (Wildman–Crippen LogP) is 0.794. The maximum Gasteiger partial charge on any atom is 0.303 e. The van der Waals surface area contributed by atoms with Crippen molar-refractivity contribution in [1.82, 2.24) is 9.80 Å². The lowest BCUT2D eigenvalue weighted by Crippen LogP contribution is -2.45. The van der Waals surface area contributed by atoms with E-state index < -0.39 is 5.97 Å². The molecule has 2 aliphatic rings. The minimum absolute atomic E-state index is 0.0791. The van der Waals surface area contributed by atoms with E-state index in [-0.39, 0.29) is 18.4 Å². The third-order valence-electron chi connectivity index (χ3n) is 4.26. The number of likely N-dealkylation sites (tertiary alicyclic amines) is 2. The summed E-state index contributed by atoms with van der Waals surface area (Å²) in [5.41, 5.74) is 0. The summed E-state index contributed by atoms with van der Waals surface area (Å²) in [4.78, 5) is 26.5. The molecule has 5 nitrogen and oxygen atoms in total. The Kier molecular flexibility index (Phi) is 4.22. The van der Waals surface area contributed by atoms with Crippen LogP contribution in [0.3, 0.4) is 0 Å². The maximum absolute atomic E-state index is 11.9. The molecule has 1 amide bonds. The van der Waals surface area contributed by atoms with Crippen LogP contribution < -0.4 is 0 Å². The van der Waals surface area contributed by atoms with E-state index in [4.69, 9.17) is 5.11 Å². The van der Waals surface area contributed by atoms with E-state index in [2.05, 4.69) is 4.90 Å². The topological polar surface area (TPSA) is 60.9 Å². The van der Waals surface area contributed by atoms with Gasteiger partial charge >= 0.3 is 5.97 Å². The molecule has 1 N–H and O–H groups in total. The fourth-order valence-electron chi connectivity index (χ4n) is 3.02. The summed E-state index contributed by atoms with van der Waals surface area (Å²) in [5, 5.41) is 8.67. The standard InChI is InChI=1S/C13H22N2O3/c1-14-7-6-11(13(14)18)15-8-4-10(5-9-15)2-3-12(16)17/h10-11H,2-9H2,1H3,(H,16,17). The van der Waals surface area contributed by atoms with Gasteiger partial charge in [-0.15, -0.1) is 0 Å². The van der Waals surface area contributed by atoms with Gasteiger partial charge in [-0.05, 0) is 44.7 Å². The van der Waals surface area contributed by atoms with Crippen LogP contribution in [0.2, 0.25) is 0 Å². The van der Waals surface area contributed by atoms with Crippen LogP contribution in [0.1, 0.15) is 32.1 Å². The van der Waals surface area contributed by atoms with Gasteiger partial charge in [0.25, 0.3) is 0 Å². The van der Waals surface area contributed by atoms with E-state index >= 15 is 0 Å². The zero-order chi connectivity index (χ0) is 13.1. The van der Waals surface area contributed by atoms with Crippen molar-refractivity contribution >= 4 is 11.9 Å². The highest BCUT2D eigenvalue weighted by atomic mass is 16.4. The lowest BCUT2D eigenvalue weighted by molar-refractivity contribution is -0.137. The lowest BCUT2D eigenvalue weighted by atomic mass is 9.91. The summed E-state index contributed by atoms with van der Waals surface area (Å²) in [6.45, 7) is 2.74. The third kappa shape index (κ3) is 3.02. The minimum atomic E-state index is -0.704. The van der Waals surface area contributed by atoms with Gasteiger partial charge in [-0.3, -0.25) is 14.5 Å². The zero-order valence-corrected chi connectivity index (χ0v) is 11.0. The van der Waals surface area contributed by atoms with Gasteiger partial charge in [0, 0.05) is 20.0 Å². The highest BCUT2D eigenvalue weighted by Gasteiger charge is 2.35. The molecule has 5 heteroatoms. The van der Waals surface area contributed by atoms with Crippen molar-refractivity contribution in [2.45, 2.75) is 38.1 Å². The second-order valence-electron chi connectivity index (χ2n) is 5.48. The van der Waals surface area contributed by atoms with E-state index in [1.165, 1.54) is 0 Å². The van der Waals surface area contributed by atoms with Crippen LogP contribution in [0.5, 0.6) is 0 Å². The van der Waals surface area contributed by atoms with Gasteiger partial charge in [-0.25, -0.2) is 0 Å². The first-order valence-electron chi connectivity index (χ1n) is 6.78. The van der Waals surface area contributed by atoms with Gasteiger partial charge < -0.3 is 10.0 Å². The summed E-state index contributed by atoms with van der Waals surface area (Å²) in [6, 6.07) is 0.0791. The number of piperidine rings is 1. The number of amides is 1. The molecule has 0 aromatic carbocycles. The minimum Gasteiger partial charge on any atom is -0.481 e. The summed E-state index contributed by atoms with van der Waals surface area (Å²) < 4.78 is 0. The van der Waals surface area contributed by atoms with Crippen LogP contribution in [0, 0.1) is 5.92 Å². The molecule has 0 spiro atoms. The largest absolute Gasteiger partial charge is 0.481 e. The Hall–Kier alpha value is -1.10. The number of carbonyl (C=O) groups is 2. The molecule has 1 atom stereocenters. The molecule has 1 unspecified atom stereocenters. The molecule has 2 fully saturated rings. The number of rotatable bonds is 4. The van der Waals surface area contributed by atoms with Crippen molar-refractivity contribution in [3.05, 3.63) is 0 Å². The number of hydrogen-bond donors (Lipinski definition) is 1. The first kappa shape index (κ1) is 13.3. The number of carboxylic acid groups (broad SMARTS) is 1. The fraction of sp³-hybridized carbons (Fsp3) is 0.846. The molecule has 0 saturated carbocycles. The molecule has 2 rings (SSSR count). The van der Waals surface area contributed by atoms with Crippen molar-refractivity contribution in [2.75, 3.05) is 26.7 Å². The summed E-state index contributed by atoms with van der Waals surface area (Å²) in [7, 11) is 1.86. The first-order chi connectivity index (χ1) is 8.58. The Morgan fingerprint density at radius 1 is 1.28 bits per heavy atom. The highest BCUT2D eigenvalue weighted by Crippen LogP contribution is 2.26. The lowest BCUT2D eigenvalue weighted by Gasteiger charge is -2.34. The van der Waals surface area contributed by atoms with Crippen LogP contribution >= 0.6 is 0 Å². The van der Waals surface area contributed by atoms with Gasteiger partial charge in [-0.2, -0.15) is 0 Å². The predicted molar refractivity (Wildman–Crippen MR) is 67.2 cm³/mol. The molecule has 2 saturated heterocycles. The van der Waals surface area contributed by atoms with E-state index in [0.717, 1.165) is 45.3 Å². The number of hydrogen-bond acceptors (Lipinski definition) is 3. The second-order valence-corrected chi connectivity index (χ2v) is 5.48. The Morgan fingerprint density at radius 3 is 2.44 bits per heavy atom. The van der Waals surface area contributed by atoms with Crippen molar-refractivity contribution in [3.63, 3.8) is 0 Å². The van der Waals surface area contributed by atoms with Gasteiger partial charge in [-0.1, -0.05) is 0 Å². The van der Waals surface area contributed by atoms with Crippen LogP contribution in [-0.2, 0) is 9.59 Å². The maximum atomic E-state index is 11.9. The fourth-order valence-corrected chi connectivity index (χ4v) is 3.02. The molecule has 0 radical (unpaired) electrons. The number of carbonyl (C=O) groups excluding carboxylic acids is 1. The van der Waals surface area contributed by atoms with E-state index in [9.17, 15) is 9.59 Å². The second kappa shape index (κ2) is 5.69. The molecular weight excluding hydrogens is 232 g/mol. The van der Waals surface area contributed by atoms with E-state index in [1.54, 1.807) is 4.90 Å². The Morgan fingerprint density at radius 2 is 1.94 bits per heavy atom. The normalized spacial score (nSPS) is 26.8. The van der Waals surface area contributed by atoms with Crippen LogP contribution in [0.25, 0.3) is 0 Å².